The summed E-state index contributed by atoms with van der Waals surface area (Å²) in [5.41, 5.74) is 1.20. The van der Waals surface area contributed by atoms with Gasteiger partial charge in [-0.15, -0.1) is 0 Å². The zero-order valence-electron chi connectivity index (χ0n) is 10.7. The lowest BCUT2D eigenvalue weighted by atomic mass is 10.2. The van der Waals surface area contributed by atoms with E-state index in [4.69, 9.17) is 4.74 Å². The Kier molecular flexibility index (Phi) is 5.49. The highest BCUT2D eigenvalue weighted by Gasteiger charge is 2.13. The average Bonchev–Trinajstić information content (AvgIpc) is 2.72. The van der Waals surface area contributed by atoms with Gasteiger partial charge in [-0.05, 0) is 27.3 Å². The highest BCUT2D eigenvalue weighted by atomic mass is 16.5. The molecule has 0 bridgehead atoms. The van der Waals surface area contributed by atoms with Gasteiger partial charge in [-0.1, -0.05) is 6.92 Å². The third-order valence-corrected chi connectivity index (χ3v) is 2.43. The lowest BCUT2D eigenvalue weighted by Gasteiger charge is -2.18. The van der Waals surface area contributed by atoms with E-state index in [0.717, 1.165) is 13.1 Å². The fourth-order valence-electron chi connectivity index (χ4n) is 1.54. The second-order valence-corrected chi connectivity index (χ2v) is 4.12. The van der Waals surface area contributed by atoms with Crippen molar-refractivity contribution in [2.24, 2.45) is 0 Å². The molecule has 1 heterocycles. The molecule has 1 unspecified atom stereocenters. The largest absolute Gasteiger partial charge is 0.377 e. The molecular formula is C12H23N3O. The third kappa shape index (κ3) is 3.94. The van der Waals surface area contributed by atoms with Crippen LogP contribution in [0.4, 0.5) is 0 Å². The summed E-state index contributed by atoms with van der Waals surface area (Å²) in [4.78, 5) is 0. The number of aromatic nitrogens is 2. The molecule has 1 atom stereocenters. The molecule has 4 nitrogen and oxygen atoms in total. The smallest absolute Gasteiger partial charge is 0.0666 e. The van der Waals surface area contributed by atoms with Crippen LogP contribution >= 0.6 is 0 Å². The predicted molar refractivity (Wildman–Crippen MR) is 65.4 cm³/mol. The van der Waals surface area contributed by atoms with Crippen LogP contribution in [-0.2, 0) is 11.3 Å². The molecule has 0 aliphatic carbocycles. The van der Waals surface area contributed by atoms with Crippen molar-refractivity contribution in [2.75, 3.05) is 13.2 Å². The normalized spacial score (nSPS) is 13.3. The first-order valence-corrected chi connectivity index (χ1v) is 6.04. The van der Waals surface area contributed by atoms with E-state index < -0.39 is 0 Å². The predicted octanol–water partition coefficient (Wildman–Crippen LogP) is 1.98. The summed E-state index contributed by atoms with van der Waals surface area (Å²) in [6.45, 7) is 10.8. The number of aryl methyl sites for hydroxylation is 1. The summed E-state index contributed by atoms with van der Waals surface area (Å²) in [6.07, 6.45) is 4.26. The lowest BCUT2D eigenvalue weighted by molar-refractivity contribution is 0.0614. The minimum Gasteiger partial charge on any atom is -0.377 e. The van der Waals surface area contributed by atoms with Crippen LogP contribution in [0.1, 0.15) is 39.3 Å². The SMILES string of the molecule is CCNC(COC(C)C)c1cnn(CC)c1. The lowest BCUT2D eigenvalue weighted by Crippen LogP contribution is -2.26. The maximum Gasteiger partial charge on any atom is 0.0666 e. The van der Waals surface area contributed by atoms with E-state index in [0.29, 0.717) is 6.61 Å². The van der Waals surface area contributed by atoms with Crippen molar-refractivity contribution in [3.63, 3.8) is 0 Å². The fraction of sp³-hybridized carbons (Fsp3) is 0.750. The molecule has 0 aromatic carbocycles. The highest BCUT2D eigenvalue weighted by Crippen LogP contribution is 2.13. The number of hydrogen-bond acceptors (Lipinski definition) is 3. The van der Waals surface area contributed by atoms with Crippen molar-refractivity contribution in [2.45, 2.75) is 46.4 Å². The standard InChI is InChI=1S/C12H23N3O/c1-5-13-12(9-16-10(3)4)11-7-14-15(6-2)8-11/h7-8,10,12-13H,5-6,9H2,1-4H3. The Morgan fingerprint density at radius 3 is 2.69 bits per heavy atom. The molecule has 1 N–H and O–H groups in total. The van der Waals surface area contributed by atoms with Crippen molar-refractivity contribution >= 4 is 0 Å². The maximum absolute atomic E-state index is 5.65. The molecule has 0 amide bonds. The topological polar surface area (TPSA) is 39.1 Å². The van der Waals surface area contributed by atoms with Crippen LogP contribution in [-0.4, -0.2) is 29.0 Å². The van der Waals surface area contributed by atoms with E-state index in [1.54, 1.807) is 0 Å². The van der Waals surface area contributed by atoms with Gasteiger partial charge in [0, 0.05) is 18.3 Å². The monoisotopic (exact) mass is 225 g/mol. The Labute approximate surface area is 98.0 Å². The van der Waals surface area contributed by atoms with Gasteiger partial charge in [0.15, 0.2) is 0 Å². The molecule has 1 rings (SSSR count). The molecule has 0 aliphatic heterocycles. The number of hydrogen-bond donors (Lipinski definition) is 1. The van der Waals surface area contributed by atoms with Crippen LogP contribution in [0.3, 0.4) is 0 Å². The molecule has 0 aliphatic rings. The van der Waals surface area contributed by atoms with Gasteiger partial charge in [0.05, 0.1) is 24.9 Å². The summed E-state index contributed by atoms with van der Waals surface area (Å²) in [5, 5.41) is 7.70. The molecule has 4 heteroatoms. The van der Waals surface area contributed by atoms with Crippen LogP contribution < -0.4 is 5.32 Å². The molecule has 0 saturated heterocycles. The van der Waals surface area contributed by atoms with Gasteiger partial charge in [0.1, 0.15) is 0 Å². The molecule has 1 aromatic heterocycles. The van der Waals surface area contributed by atoms with Gasteiger partial charge in [-0.25, -0.2) is 0 Å². The van der Waals surface area contributed by atoms with E-state index in [1.165, 1.54) is 5.56 Å². The summed E-state index contributed by atoms with van der Waals surface area (Å²) >= 11 is 0. The van der Waals surface area contributed by atoms with E-state index in [9.17, 15) is 0 Å². The van der Waals surface area contributed by atoms with Crippen molar-refractivity contribution in [3.8, 4) is 0 Å². The Morgan fingerprint density at radius 1 is 1.44 bits per heavy atom. The Hall–Kier alpha value is -0.870. The van der Waals surface area contributed by atoms with Crippen molar-refractivity contribution < 1.29 is 4.74 Å². The Bertz CT molecular complexity index is 296. The van der Waals surface area contributed by atoms with Crippen LogP contribution in [0.15, 0.2) is 12.4 Å². The molecule has 0 fully saturated rings. The summed E-state index contributed by atoms with van der Waals surface area (Å²) in [6, 6.07) is 0.243. The van der Waals surface area contributed by atoms with Gasteiger partial charge in [-0.2, -0.15) is 5.10 Å². The second kappa shape index (κ2) is 6.66. The average molecular weight is 225 g/mol. The minimum atomic E-state index is 0.243. The van der Waals surface area contributed by atoms with Gasteiger partial charge in [-0.3, -0.25) is 4.68 Å². The molecule has 1 aromatic rings. The second-order valence-electron chi connectivity index (χ2n) is 4.12. The number of nitrogens with one attached hydrogen (secondary N) is 1. The van der Waals surface area contributed by atoms with E-state index >= 15 is 0 Å². The summed E-state index contributed by atoms with van der Waals surface area (Å²) in [5.74, 6) is 0. The Morgan fingerprint density at radius 2 is 2.19 bits per heavy atom. The molecule has 16 heavy (non-hydrogen) atoms. The zero-order valence-corrected chi connectivity index (χ0v) is 10.7. The molecule has 0 radical (unpaired) electrons. The van der Waals surface area contributed by atoms with Crippen LogP contribution in [0.5, 0.6) is 0 Å². The number of rotatable bonds is 7. The van der Waals surface area contributed by atoms with Crippen molar-refractivity contribution in [1.29, 1.82) is 0 Å². The molecule has 92 valence electrons. The van der Waals surface area contributed by atoms with Gasteiger partial charge < -0.3 is 10.1 Å². The van der Waals surface area contributed by atoms with Gasteiger partial charge in [0.25, 0.3) is 0 Å². The van der Waals surface area contributed by atoms with Gasteiger partial charge in [0.2, 0.25) is 0 Å². The fourth-order valence-corrected chi connectivity index (χ4v) is 1.54. The van der Waals surface area contributed by atoms with E-state index in [2.05, 4.69) is 44.3 Å². The maximum atomic E-state index is 5.65. The van der Waals surface area contributed by atoms with E-state index in [1.807, 2.05) is 10.9 Å². The highest BCUT2D eigenvalue weighted by molar-refractivity contribution is 5.10. The first-order chi connectivity index (χ1) is 7.67. The molecular weight excluding hydrogens is 202 g/mol. The van der Waals surface area contributed by atoms with Crippen LogP contribution in [0.2, 0.25) is 0 Å². The van der Waals surface area contributed by atoms with Gasteiger partial charge >= 0.3 is 0 Å². The number of likely N-dealkylation sites (N-methyl/N-ethyl adjacent to an activating group) is 1. The Balaban J connectivity index is 2.60. The van der Waals surface area contributed by atoms with Crippen LogP contribution in [0, 0.1) is 0 Å². The van der Waals surface area contributed by atoms with E-state index in [-0.39, 0.29) is 12.1 Å². The summed E-state index contributed by atoms with van der Waals surface area (Å²) < 4.78 is 7.59. The minimum absolute atomic E-state index is 0.243. The number of ether oxygens (including phenoxy) is 1. The summed E-state index contributed by atoms with van der Waals surface area (Å²) in [7, 11) is 0. The molecule has 0 saturated carbocycles. The third-order valence-electron chi connectivity index (χ3n) is 2.43. The van der Waals surface area contributed by atoms with Crippen molar-refractivity contribution in [3.05, 3.63) is 18.0 Å². The first kappa shape index (κ1) is 13.2. The quantitative estimate of drug-likeness (QED) is 0.771. The number of nitrogens with zero attached hydrogens (tertiary/aromatic N) is 2. The van der Waals surface area contributed by atoms with Crippen molar-refractivity contribution in [1.82, 2.24) is 15.1 Å². The zero-order chi connectivity index (χ0) is 12.0. The first-order valence-electron chi connectivity index (χ1n) is 6.04. The molecule has 0 spiro atoms. The van der Waals surface area contributed by atoms with Crippen LogP contribution in [0.25, 0.3) is 0 Å².